The summed E-state index contributed by atoms with van der Waals surface area (Å²) in [6.45, 7) is 3.77. The Kier molecular flexibility index (Phi) is 5.29. The van der Waals surface area contributed by atoms with E-state index in [0.717, 1.165) is 10.0 Å². The molecule has 0 heterocycles. The fourth-order valence-corrected chi connectivity index (χ4v) is 1.84. The molecule has 88 valence electrons. The molecule has 0 aliphatic rings. The number of hydrogen-bond donors (Lipinski definition) is 1. The Morgan fingerprint density at radius 2 is 2.19 bits per heavy atom. The average Bonchev–Trinajstić information content (AvgIpc) is 2.27. The van der Waals surface area contributed by atoms with Crippen LogP contribution >= 0.6 is 27.5 Å². The predicted molar refractivity (Wildman–Crippen MR) is 70.6 cm³/mol. The molecule has 0 fully saturated rings. The molecule has 1 aromatic rings. The van der Waals surface area contributed by atoms with Crippen molar-refractivity contribution in [3.8, 4) is 0 Å². The Balaban J connectivity index is 2.65. The number of carbonyl (C=O) groups is 1. The third-order valence-corrected chi connectivity index (χ3v) is 3.34. The summed E-state index contributed by atoms with van der Waals surface area (Å²) in [5.74, 6) is 0.176. The van der Waals surface area contributed by atoms with E-state index in [4.69, 9.17) is 11.6 Å². The number of alkyl halides is 1. The summed E-state index contributed by atoms with van der Waals surface area (Å²) >= 11 is 9.04. The third-order valence-electron chi connectivity index (χ3n) is 2.39. The summed E-state index contributed by atoms with van der Waals surface area (Å²) in [4.78, 5) is 11.6. The maximum absolute atomic E-state index is 11.6. The van der Waals surface area contributed by atoms with Crippen molar-refractivity contribution in [2.24, 2.45) is 5.92 Å². The zero-order valence-electron chi connectivity index (χ0n) is 9.34. The summed E-state index contributed by atoms with van der Waals surface area (Å²) < 4.78 is 1.01. The highest BCUT2D eigenvalue weighted by molar-refractivity contribution is 9.10. The van der Waals surface area contributed by atoms with Gasteiger partial charge in [-0.05, 0) is 24.6 Å². The normalized spacial score (nSPS) is 14.2. The molecular formula is C12H15BrClNO. The molecular weight excluding hydrogens is 289 g/mol. The standard InChI is InChI=1S/C12H15BrClNO/c1-8(7-14)12(16)15-9(2)10-4-3-5-11(13)6-10/h3-6,8-9H,7H2,1-2H3,(H,15,16). The van der Waals surface area contributed by atoms with E-state index < -0.39 is 0 Å². The fourth-order valence-electron chi connectivity index (χ4n) is 1.28. The lowest BCUT2D eigenvalue weighted by Gasteiger charge is -2.16. The second-order valence-electron chi connectivity index (χ2n) is 3.84. The van der Waals surface area contributed by atoms with Gasteiger partial charge in [-0.25, -0.2) is 0 Å². The van der Waals surface area contributed by atoms with E-state index in [-0.39, 0.29) is 17.9 Å². The summed E-state index contributed by atoms with van der Waals surface area (Å²) in [5, 5.41) is 2.93. The van der Waals surface area contributed by atoms with E-state index in [1.165, 1.54) is 0 Å². The summed E-state index contributed by atoms with van der Waals surface area (Å²) in [5.41, 5.74) is 1.07. The van der Waals surface area contributed by atoms with E-state index in [2.05, 4.69) is 21.2 Å². The van der Waals surface area contributed by atoms with Crippen molar-refractivity contribution < 1.29 is 4.79 Å². The molecule has 2 unspecified atom stereocenters. The van der Waals surface area contributed by atoms with E-state index in [1.807, 2.05) is 38.1 Å². The van der Waals surface area contributed by atoms with Gasteiger partial charge in [-0.3, -0.25) is 4.79 Å². The van der Waals surface area contributed by atoms with Crippen LogP contribution in [-0.4, -0.2) is 11.8 Å². The number of amides is 1. The second-order valence-corrected chi connectivity index (χ2v) is 5.06. The lowest BCUT2D eigenvalue weighted by molar-refractivity contribution is -0.124. The van der Waals surface area contributed by atoms with E-state index in [9.17, 15) is 4.79 Å². The van der Waals surface area contributed by atoms with Gasteiger partial charge in [0, 0.05) is 16.3 Å². The number of hydrogen-bond acceptors (Lipinski definition) is 1. The highest BCUT2D eigenvalue weighted by Crippen LogP contribution is 2.18. The summed E-state index contributed by atoms with van der Waals surface area (Å²) in [6.07, 6.45) is 0. The van der Waals surface area contributed by atoms with Gasteiger partial charge in [-0.2, -0.15) is 0 Å². The molecule has 0 bridgehead atoms. The third kappa shape index (κ3) is 3.80. The number of nitrogens with one attached hydrogen (secondary N) is 1. The summed E-state index contributed by atoms with van der Waals surface area (Å²) in [7, 11) is 0. The highest BCUT2D eigenvalue weighted by Gasteiger charge is 2.15. The monoisotopic (exact) mass is 303 g/mol. The highest BCUT2D eigenvalue weighted by atomic mass is 79.9. The minimum atomic E-state index is -0.156. The number of carbonyl (C=O) groups excluding carboxylic acids is 1. The van der Waals surface area contributed by atoms with Crippen LogP contribution in [0.4, 0.5) is 0 Å². The molecule has 0 aliphatic heterocycles. The van der Waals surface area contributed by atoms with Crippen molar-refractivity contribution in [2.45, 2.75) is 19.9 Å². The maximum Gasteiger partial charge on any atom is 0.224 e. The second kappa shape index (κ2) is 6.26. The lowest BCUT2D eigenvalue weighted by Crippen LogP contribution is -2.32. The van der Waals surface area contributed by atoms with Crippen LogP contribution in [0.3, 0.4) is 0 Å². The maximum atomic E-state index is 11.6. The van der Waals surface area contributed by atoms with Crippen molar-refractivity contribution in [3.05, 3.63) is 34.3 Å². The quantitative estimate of drug-likeness (QED) is 0.848. The van der Waals surface area contributed by atoms with Gasteiger partial charge in [0.2, 0.25) is 5.91 Å². The molecule has 16 heavy (non-hydrogen) atoms. The van der Waals surface area contributed by atoms with Crippen molar-refractivity contribution in [1.82, 2.24) is 5.32 Å². The molecule has 1 rings (SSSR count). The van der Waals surface area contributed by atoms with Crippen molar-refractivity contribution in [1.29, 1.82) is 0 Å². The average molecular weight is 305 g/mol. The van der Waals surface area contributed by atoms with Crippen LogP contribution in [0.2, 0.25) is 0 Å². The van der Waals surface area contributed by atoms with Gasteiger partial charge >= 0.3 is 0 Å². The van der Waals surface area contributed by atoms with E-state index in [1.54, 1.807) is 0 Å². The summed E-state index contributed by atoms with van der Waals surface area (Å²) in [6, 6.07) is 7.89. The number of halogens is 2. The van der Waals surface area contributed by atoms with Crippen LogP contribution in [-0.2, 0) is 4.79 Å². The van der Waals surface area contributed by atoms with Crippen molar-refractivity contribution in [3.63, 3.8) is 0 Å². The molecule has 1 aromatic carbocycles. The zero-order valence-corrected chi connectivity index (χ0v) is 11.7. The minimum absolute atomic E-state index is 0.00401. The van der Waals surface area contributed by atoms with Crippen LogP contribution in [0.5, 0.6) is 0 Å². The van der Waals surface area contributed by atoms with E-state index in [0.29, 0.717) is 5.88 Å². The first-order chi connectivity index (χ1) is 7.54. The van der Waals surface area contributed by atoms with Gasteiger partial charge in [0.05, 0.1) is 6.04 Å². The molecule has 0 spiro atoms. The first-order valence-corrected chi connectivity index (χ1v) is 6.49. The molecule has 2 atom stereocenters. The number of rotatable bonds is 4. The van der Waals surface area contributed by atoms with Gasteiger partial charge in [0.25, 0.3) is 0 Å². The number of benzene rings is 1. The van der Waals surface area contributed by atoms with Gasteiger partial charge < -0.3 is 5.32 Å². The largest absolute Gasteiger partial charge is 0.349 e. The molecule has 0 aliphatic carbocycles. The Hall–Kier alpha value is -0.540. The van der Waals surface area contributed by atoms with E-state index >= 15 is 0 Å². The smallest absolute Gasteiger partial charge is 0.224 e. The van der Waals surface area contributed by atoms with Gasteiger partial charge in [-0.15, -0.1) is 11.6 Å². The van der Waals surface area contributed by atoms with Crippen LogP contribution in [0.25, 0.3) is 0 Å². The topological polar surface area (TPSA) is 29.1 Å². The van der Waals surface area contributed by atoms with Crippen molar-refractivity contribution >= 4 is 33.4 Å². The Labute approximate surface area is 110 Å². The molecule has 1 amide bonds. The zero-order chi connectivity index (χ0) is 12.1. The van der Waals surface area contributed by atoms with Gasteiger partial charge in [0.1, 0.15) is 0 Å². The molecule has 4 heteroatoms. The SMILES string of the molecule is CC(CCl)C(=O)NC(C)c1cccc(Br)c1. The van der Waals surface area contributed by atoms with Crippen LogP contribution < -0.4 is 5.32 Å². The molecule has 0 saturated carbocycles. The van der Waals surface area contributed by atoms with Gasteiger partial charge in [-0.1, -0.05) is 35.0 Å². The van der Waals surface area contributed by atoms with Gasteiger partial charge in [0.15, 0.2) is 0 Å². The Bertz CT molecular complexity index is 370. The van der Waals surface area contributed by atoms with Crippen LogP contribution in [0.1, 0.15) is 25.5 Å². The fraction of sp³-hybridized carbons (Fsp3) is 0.417. The van der Waals surface area contributed by atoms with Crippen molar-refractivity contribution in [2.75, 3.05) is 5.88 Å². The first kappa shape index (κ1) is 13.5. The Morgan fingerprint density at radius 3 is 2.75 bits per heavy atom. The molecule has 2 nitrogen and oxygen atoms in total. The Morgan fingerprint density at radius 1 is 1.50 bits per heavy atom. The van der Waals surface area contributed by atoms with Crippen LogP contribution in [0.15, 0.2) is 28.7 Å². The first-order valence-electron chi connectivity index (χ1n) is 5.16. The van der Waals surface area contributed by atoms with Crippen LogP contribution in [0, 0.1) is 5.92 Å². The molecule has 0 saturated heterocycles. The molecule has 0 radical (unpaired) electrons. The minimum Gasteiger partial charge on any atom is -0.349 e. The lowest BCUT2D eigenvalue weighted by atomic mass is 10.1. The predicted octanol–water partition coefficient (Wildman–Crippen LogP) is 3.50. The molecule has 1 N–H and O–H groups in total. The molecule has 0 aromatic heterocycles.